The summed E-state index contributed by atoms with van der Waals surface area (Å²) in [6.45, 7) is 0. The number of benzene rings is 1. The molecule has 92 valence electrons. The normalized spacial score (nSPS) is 32.9. The molecule has 4 atom stereocenters. The van der Waals surface area contributed by atoms with Crippen molar-refractivity contribution in [2.24, 2.45) is 11.8 Å². The molecular formula is C13H17ClN2O. The van der Waals surface area contributed by atoms with Crippen LogP contribution in [0.1, 0.15) is 30.9 Å². The van der Waals surface area contributed by atoms with Crippen LogP contribution in [-0.2, 0) is 4.74 Å². The SMILES string of the molecule is NNC(c1ccc(Cl)cc1)C1CC2CCC1O2. The molecule has 2 heterocycles. The quantitative estimate of drug-likeness (QED) is 0.642. The van der Waals surface area contributed by atoms with Crippen molar-refractivity contribution in [1.29, 1.82) is 0 Å². The Hall–Kier alpha value is -0.610. The fourth-order valence-corrected chi connectivity index (χ4v) is 3.29. The molecule has 0 aromatic heterocycles. The van der Waals surface area contributed by atoms with Crippen LogP contribution in [0, 0.1) is 5.92 Å². The molecule has 0 spiro atoms. The number of fused-ring (bicyclic) bond motifs is 2. The standard InChI is InChI=1S/C13H17ClN2O/c14-9-3-1-8(2-4-9)13(16-15)11-7-10-5-6-12(11)17-10/h1-4,10-13,16H,5-7,15H2. The van der Waals surface area contributed by atoms with Crippen LogP contribution in [0.15, 0.2) is 24.3 Å². The van der Waals surface area contributed by atoms with Crippen LogP contribution < -0.4 is 11.3 Å². The molecule has 3 rings (SSSR count). The molecule has 4 heteroatoms. The van der Waals surface area contributed by atoms with E-state index in [0.717, 1.165) is 11.4 Å². The van der Waals surface area contributed by atoms with Crippen molar-refractivity contribution in [2.75, 3.05) is 0 Å². The molecule has 2 aliphatic heterocycles. The highest BCUT2D eigenvalue weighted by molar-refractivity contribution is 6.30. The van der Waals surface area contributed by atoms with E-state index in [2.05, 4.69) is 5.43 Å². The number of nitrogens with two attached hydrogens (primary N) is 1. The Morgan fingerprint density at radius 2 is 2.06 bits per heavy atom. The van der Waals surface area contributed by atoms with Crippen molar-refractivity contribution in [3.63, 3.8) is 0 Å². The Kier molecular flexibility index (Phi) is 3.09. The average molecular weight is 253 g/mol. The predicted octanol–water partition coefficient (Wildman–Crippen LogP) is 2.41. The Balaban J connectivity index is 1.81. The molecule has 2 aliphatic rings. The highest BCUT2D eigenvalue weighted by Crippen LogP contribution is 2.44. The maximum atomic E-state index is 5.91. The Morgan fingerprint density at radius 1 is 1.29 bits per heavy atom. The number of hydrogen-bond donors (Lipinski definition) is 2. The summed E-state index contributed by atoms with van der Waals surface area (Å²) < 4.78 is 5.89. The number of ether oxygens (including phenoxy) is 1. The summed E-state index contributed by atoms with van der Waals surface area (Å²) >= 11 is 5.91. The lowest BCUT2D eigenvalue weighted by Crippen LogP contribution is -2.37. The van der Waals surface area contributed by atoms with Gasteiger partial charge in [0.05, 0.1) is 18.2 Å². The van der Waals surface area contributed by atoms with E-state index in [1.165, 1.54) is 18.4 Å². The molecule has 0 amide bonds. The van der Waals surface area contributed by atoms with Crippen molar-refractivity contribution < 1.29 is 4.74 Å². The van der Waals surface area contributed by atoms with Gasteiger partial charge in [-0.05, 0) is 37.0 Å². The van der Waals surface area contributed by atoms with E-state index in [4.69, 9.17) is 22.2 Å². The lowest BCUT2D eigenvalue weighted by molar-refractivity contribution is 0.0857. The zero-order valence-corrected chi connectivity index (χ0v) is 10.4. The van der Waals surface area contributed by atoms with Crippen LogP contribution >= 0.6 is 11.6 Å². The van der Waals surface area contributed by atoms with E-state index >= 15 is 0 Å². The van der Waals surface area contributed by atoms with Gasteiger partial charge in [-0.1, -0.05) is 23.7 Å². The second-order valence-electron chi connectivity index (χ2n) is 4.97. The minimum absolute atomic E-state index is 0.169. The summed E-state index contributed by atoms with van der Waals surface area (Å²) in [4.78, 5) is 0. The first-order chi connectivity index (χ1) is 8.28. The third kappa shape index (κ3) is 2.08. The van der Waals surface area contributed by atoms with Crippen LogP contribution in [0.4, 0.5) is 0 Å². The maximum Gasteiger partial charge on any atom is 0.0627 e. The van der Waals surface area contributed by atoms with Crippen LogP contribution in [0.5, 0.6) is 0 Å². The third-order valence-corrected chi connectivity index (χ3v) is 4.24. The van der Waals surface area contributed by atoms with Gasteiger partial charge in [-0.3, -0.25) is 11.3 Å². The lowest BCUT2D eigenvalue weighted by atomic mass is 9.81. The average Bonchev–Trinajstić information content (AvgIpc) is 2.95. The van der Waals surface area contributed by atoms with Gasteiger partial charge in [-0.25, -0.2) is 0 Å². The van der Waals surface area contributed by atoms with Gasteiger partial charge in [0.2, 0.25) is 0 Å². The van der Waals surface area contributed by atoms with Gasteiger partial charge >= 0.3 is 0 Å². The van der Waals surface area contributed by atoms with Crippen LogP contribution in [0.2, 0.25) is 5.02 Å². The molecule has 0 radical (unpaired) electrons. The fourth-order valence-electron chi connectivity index (χ4n) is 3.17. The molecule has 2 saturated heterocycles. The summed E-state index contributed by atoms with van der Waals surface area (Å²) in [5.74, 6) is 6.20. The first kappa shape index (κ1) is 11.5. The second kappa shape index (κ2) is 4.58. The molecule has 2 fully saturated rings. The molecule has 0 saturated carbocycles. The van der Waals surface area contributed by atoms with Gasteiger partial charge in [-0.2, -0.15) is 0 Å². The van der Waals surface area contributed by atoms with E-state index in [1.54, 1.807) is 0 Å². The van der Waals surface area contributed by atoms with Crippen molar-refractivity contribution in [1.82, 2.24) is 5.43 Å². The number of nitrogens with one attached hydrogen (secondary N) is 1. The fraction of sp³-hybridized carbons (Fsp3) is 0.538. The Labute approximate surface area is 106 Å². The third-order valence-electron chi connectivity index (χ3n) is 3.99. The van der Waals surface area contributed by atoms with Crippen molar-refractivity contribution in [2.45, 2.75) is 37.5 Å². The predicted molar refractivity (Wildman–Crippen MR) is 67.5 cm³/mol. The highest BCUT2D eigenvalue weighted by Gasteiger charge is 2.44. The summed E-state index contributed by atoms with van der Waals surface area (Å²) in [5, 5.41) is 0.758. The summed E-state index contributed by atoms with van der Waals surface area (Å²) in [6.07, 6.45) is 4.31. The zero-order valence-electron chi connectivity index (χ0n) is 9.60. The maximum absolute atomic E-state index is 5.91. The van der Waals surface area contributed by atoms with E-state index in [0.29, 0.717) is 18.1 Å². The minimum Gasteiger partial charge on any atom is -0.375 e. The molecule has 1 aromatic carbocycles. The van der Waals surface area contributed by atoms with Gasteiger partial charge in [0.15, 0.2) is 0 Å². The molecular weight excluding hydrogens is 236 g/mol. The van der Waals surface area contributed by atoms with Crippen molar-refractivity contribution in [3.05, 3.63) is 34.9 Å². The molecule has 3 N–H and O–H groups in total. The smallest absolute Gasteiger partial charge is 0.0627 e. The molecule has 4 unspecified atom stereocenters. The zero-order chi connectivity index (χ0) is 11.8. The van der Waals surface area contributed by atoms with Crippen LogP contribution in [-0.4, -0.2) is 12.2 Å². The molecule has 1 aromatic rings. The lowest BCUT2D eigenvalue weighted by Gasteiger charge is -2.28. The monoisotopic (exact) mass is 252 g/mol. The second-order valence-corrected chi connectivity index (χ2v) is 5.41. The Bertz CT molecular complexity index is 395. The van der Waals surface area contributed by atoms with Gasteiger partial charge in [0, 0.05) is 10.9 Å². The number of hydrogen-bond acceptors (Lipinski definition) is 3. The topological polar surface area (TPSA) is 47.3 Å². The van der Waals surface area contributed by atoms with E-state index < -0.39 is 0 Å². The largest absolute Gasteiger partial charge is 0.375 e. The molecule has 2 bridgehead atoms. The van der Waals surface area contributed by atoms with E-state index in [-0.39, 0.29) is 6.04 Å². The molecule has 17 heavy (non-hydrogen) atoms. The number of rotatable bonds is 3. The molecule has 0 aliphatic carbocycles. The summed E-state index contributed by atoms with van der Waals surface area (Å²) in [6, 6.07) is 8.07. The van der Waals surface area contributed by atoms with Gasteiger partial charge in [0.1, 0.15) is 0 Å². The first-order valence-corrected chi connectivity index (χ1v) is 6.53. The Morgan fingerprint density at radius 3 is 2.59 bits per heavy atom. The van der Waals surface area contributed by atoms with Crippen LogP contribution in [0.25, 0.3) is 0 Å². The first-order valence-electron chi connectivity index (χ1n) is 6.15. The minimum atomic E-state index is 0.169. The van der Waals surface area contributed by atoms with Crippen molar-refractivity contribution >= 4 is 11.6 Å². The van der Waals surface area contributed by atoms with E-state index in [1.807, 2.05) is 24.3 Å². The highest BCUT2D eigenvalue weighted by atomic mass is 35.5. The van der Waals surface area contributed by atoms with Crippen molar-refractivity contribution in [3.8, 4) is 0 Å². The van der Waals surface area contributed by atoms with Crippen LogP contribution in [0.3, 0.4) is 0 Å². The van der Waals surface area contributed by atoms with Gasteiger partial charge in [0.25, 0.3) is 0 Å². The van der Waals surface area contributed by atoms with Gasteiger partial charge < -0.3 is 4.74 Å². The molecule has 3 nitrogen and oxygen atoms in total. The summed E-state index contributed by atoms with van der Waals surface area (Å²) in [7, 11) is 0. The van der Waals surface area contributed by atoms with Gasteiger partial charge in [-0.15, -0.1) is 0 Å². The number of halogens is 1. The summed E-state index contributed by atoms with van der Waals surface area (Å²) in [5.41, 5.74) is 4.13. The number of hydrazine groups is 1. The van der Waals surface area contributed by atoms with E-state index in [9.17, 15) is 0 Å².